The molecule has 0 atom stereocenters. The summed E-state index contributed by atoms with van der Waals surface area (Å²) in [6.45, 7) is 4.07. The SMILES string of the molecule is CC(C)C=C=CC=O. The van der Waals surface area contributed by atoms with Crippen molar-refractivity contribution in [3.63, 3.8) is 0 Å². The quantitative estimate of drug-likeness (QED) is 0.299. The van der Waals surface area contributed by atoms with E-state index >= 15 is 0 Å². The molecule has 0 aromatic carbocycles. The molecule has 0 rings (SSSR count). The van der Waals surface area contributed by atoms with E-state index in [0.717, 1.165) is 6.29 Å². The molecule has 0 saturated carbocycles. The second-order valence-corrected chi connectivity index (χ2v) is 1.88. The Bertz CT molecular complexity index is 116. The highest BCUT2D eigenvalue weighted by Crippen LogP contribution is 1.89. The molecule has 0 unspecified atom stereocenters. The topological polar surface area (TPSA) is 17.1 Å². The first kappa shape index (κ1) is 7.19. The smallest absolute Gasteiger partial charge is 0.150 e. The van der Waals surface area contributed by atoms with Crippen LogP contribution in [-0.4, -0.2) is 6.29 Å². The fraction of sp³-hybridized carbons (Fsp3) is 0.429. The zero-order valence-corrected chi connectivity index (χ0v) is 5.22. The highest BCUT2D eigenvalue weighted by atomic mass is 16.1. The van der Waals surface area contributed by atoms with Gasteiger partial charge in [-0.05, 0) is 12.0 Å². The zero-order valence-electron chi connectivity index (χ0n) is 5.22. The summed E-state index contributed by atoms with van der Waals surface area (Å²) in [5, 5.41) is 0. The third-order valence-electron chi connectivity index (χ3n) is 0.594. The van der Waals surface area contributed by atoms with E-state index in [4.69, 9.17) is 0 Å². The minimum atomic E-state index is 0.478. The summed E-state index contributed by atoms with van der Waals surface area (Å²) in [7, 11) is 0. The minimum Gasteiger partial charge on any atom is -0.298 e. The predicted molar refractivity (Wildman–Crippen MR) is 33.6 cm³/mol. The lowest BCUT2D eigenvalue weighted by Gasteiger charge is -1.84. The Morgan fingerprint density at radius 3 is 2.50 bits per heavy atom. The first-order valence-electron chi connectivity index (χ1n) is 2.63. The maximum atomic E-state index is 9.65. The monoisotopic (exact) mass is 110 g/mol. The largest absolute Gasteiger partial charge is 0.298 e. The Balaban J connectivity index is 3.63. The van der Waals surface area contributed by atoms with Gasteiger partial charge in [-0.3, -0.25) is 4.79 Å². The molecule has 0 aromatic rings. The van der Waals surface area contributed by atoms with E-state index in [9.17, 15) is 4.79 Å². The van der Waals surface area contributed by atoms with Crippen LogP contribution in [0.5, 0.6) is 0 Å². The van der Waals surface area contributed by atoms with Crippen molar-refractivity contribution in [2.45, 2.75) is 13.8 Å². The van der Waals surface area contributed by atoms with Crippen LogP contribution < -0.4 is 0 Å². The summed E-state index contributed by atoms with van der Waals surface area (Å²) in [5.41, 5.74) is 2.72. The maximum absolute atomic E-state index is 9.65. The molecule has 0 amide bonds. The molecule has 0 heterocycles. The van der Waals surface area contributed by atoms with E-state index in [1.165, 1.54) is 6.08 Å². The van der Waals surface area contributed by atoms with Gasteiger partial charge < -0.3 is 0 Å². The highest BCUT2D eigenvalue weighted by Gasteiger charge is 1.77. The van der Waals surface area contributed by atoms with E-state index < -0.39 is 0 Å². The summed E-state index contributed by atoms with van der Waals surface area (Å²) < 4.78 is 0. The van der Waals surface area contributed by atoms with Crippen LogP contribution in [0.1, 0.15) is 13.8 Å². The summed E-state index contributed by atoms with van der Waals surface area (Å²) in [6.07, 6.45) is 3.92. The lowest BCUT2D eigenvalue weighted by atomic mass is 10.2. The van der Waals surface area contributed by atoms with Crippen molar-refractivity contribution >= 4 is 6.29 Å². The van der Waals surface area contributed by atoms with Crippen molar-refractivity contribution < 1.29 is 4.79 Å². The lowest BCUT2D eigenvalue weighted by molar-refractivity contribution is -0.104. The number of carbonyl (C=O) groups excluding carboxylic acids is 1. The fourth-order valence-corrected chi connectivity index (χ4v) is 0.287. The number of carbonyl (C=O) groups is 1. The molecular formula is C7H10O. The first-order chi connectivity index (χ1) is 3.77. The minimum absolute atomic E-state index is 0.478. The molecule has 0 aliphatic carbocycles. The third kappa shape index (κ3) is 5.19. The molecule has 8 heavy (non-hydrogen) atoms. The molecule has 0 fully saturated rings. The predicted octanol–water partition coefficient (Wildman–Crippen LogP) is 1.55. The number of rotatable bonds is 2. The average molecular weight is 110 g/mol. The first-order valence-corrected chi connectivity index (χ1v) is 2.63. The van der Waals surface area contributed by atoms with Gasteiger partial charge in [0, 0.05) is 6.08 Å². The van der Waals surface area contributed by atoms with Crippen molar-refractivity contribution in [2.75, 3.05) is 0 Å². The molecule has 0 aromatic heterocycles. The molecule has 0 spiro atoms. The lowest BCUT2D eigenvalue weighted by Crippen LogP contribution is -1.73. The third-order valence-corrected chi connectivity index (χ3v) is 0.594. The molecule has 44 valence electrons. The Morgan fingerprint density at radius 1 is 1.50 bits per heavy atom. The Hall–Kier alpha value is -0.810. The van der Waals surface area contributed by atoms with E-state index in [1.807, 2.05) is 19.9 Å². The van der Waals surface area contributed by atoms with Crippen molar-refractivity contribution in [3.05, 3.63) is 17.9 Å². The van der Waals surface area contributed by atoms with Crippen molar-refractivity contribution in [1.82, 2.24) is 0 Å². The van der Waals surface area contributed by atoms with Crippen LogP contribution in [0.3, 0.4) is 0 Å². The van der Waals surface area contributed by atoms with Gasteiger partial charge in [-0.15, -0.1) is 5.73 Å². The van der Waals surface area contributed by atoms with E-state index in [2.05, 4.69) is 5.73 Å². The summed E-state index contributed by atoms with van der Waals surface area (Å²) in [6, 6.07) is 0. The van der Waals surface area contributed by atoms with Crippen LogP contribution in [-0.2, 0) is 4.79 Å². The van der Waals surface area contributed by atoms with Gasteiger partial charge in [0.1, 0.15) is 0 Å². The second-order valence-electron chi connectivity index (χ2n) is 1.88. The summed E-state index contributed by atoms with van der Waals surface area (Å²) in [4.78, 5) is 9.65. The molecule has 1 nitrogen and oxygen atoms in total. The Labute approximate surface area is 49.7 Å². The number of aldehydes is 1. The summed E-state index contributed by atoms with van der Waals surface area (Å²) >= 11 is 0. The normalized spacial score (nSPS) is 7.88. The van der Waals surface area contributed by atoms with Gasteiger partial charge >= 0.3 is 0 Å². The average Bonchev–Trinajstić information content (AvgIpc) is 1.66. The molecule has 0 aliphatic rings. The highest BCUT2D eigenvalue weighted by molar-refractivity contribution is 5.64. The fourth-order valence-electron chi connectivity index (χ4n) is 0.287. The van der Waals surface area contributed by atoms with Crippen LogP contribution in [0, 0.1) is 5.92 Å². The summed E-state index contributed by atoms with van der Waals surface area (Å²) in [5.74, 6) is 0.478. The standard InChI is InChI=1S/C7H10O/c1-7(2)5-3-4-6-8/h4-7H,1-2H3. The molecular weight excluding hydrogens is 100 g/mol. The Morgan fingerprint density at radius 2 is 2.12 bits per heavy atom. The van der Waals surface area contributed by atoms with Gasteiger partial charge in [-0.1, -0.05) is 13.8 Å². The van der Waals surface area contributed by atoms with Gasteiger partial charge in [-0.25, -0.2) is 0 Å². The van der Waals surface area contributed by atoms with Gasteiger partial charge in [0.2, 0.25) is 0 Å². The Kier molecular flexibility index (Phi) is 3.91. The van der Waals surface area contributed by atoms with E-state index in [-0.39, 0.29) is 0 Å². The van der Waals surface area contributed by atoms with Crippen molar-refractivity contribution in [1.29, 1.82) is 0 Å². The molecule has 0 saturated heterocycles. The number of hydrogen-bond donors (Lipinski definition) is 0. The van der Waals surface area contributed by atoms with Crippen LogP contribution in [0.25, 0.3) is 0 Å². The van der Waals surface area contributed by atoms with Crippen LogP contribution in [0.15, 0.2) is 17.9 Å². The van der Waals surface area contributed by atoms with Gasteiger partial charge in [0.25, 0.3) is 0 Å². The van der Waals surface area contributed by atoms with Gasteiger partial charge in [0.05, 0.1) is 0 Å². The maximum Gasteiger partial charge on any atom is 0.150 e. The van der Waals surface area contributed by atoms with Crippen LogP contribution in [0.2, 0.25) is 0 Å². The van der Waals surface area contributed by atoms with Gasteiger partial charge in [0.15, 0.2) is 6.29 Å². The molecule has 0 aliphatic heterocycles. The molecule has 0 N–H and O–H groups in total. The number of hydrogen-bond acceptors (Lipinski definition) is 1. The molecule has 0 bridgehead atoms. The van der Waals surface area contributed by atoms with E-state index in [0.29, 0.717) is 5.92 Å². The zero-order chi connectivity index (χ0) is 6.41. The van der Waals surface area contributed by atoms with Gasteiger partial charge in [-0.2, -0.15) is 0 Å². The van der Waals surface area contributed by atoms with E-state index in [1.54, 1.807) is 0 Å². The van der Waals surface area contributed by atoms with Crippen LogP contribution in [0.4, 0.5) is 0 Å². The van der Waals surface area contributed by atoms with Crippen LogP contribution >= 0.6 is 0 Å². The van der Waals surface area contributed by atoms with Crippen molar-refractivity contribution in [3.8, 4) is 0 Å². The molecule has 0 radical (unpaired) electrons. The second kappa shape index (κ2) is 4.35. The number of allylic oxidation sites excluding steroid dienone is 1. The molecule has 1 heteroatoms. The van der Waals surface area contributed by atoms with Crippen molar-refractivity contribution in [2.24, 2.45) is 5.92 Å².